The van der Waals surface area contributed by atoms with Crippen molar-refractivity contribution in [2.75, 3.05) is 39.9 Å². The van der Waals surface area contributed by atoms with Crippen molar-refractivity contribution in [3.8, 4) is 0 Å². The molecule has 3 rings (SSSR count). The normalized spacial score (nSPS) is 23.1. The molecule has 1 amide bonds. The number of hydrogen-bond acceptors (Lipinski definition) is 4. The third-order valence-electron chi connectivity index (χ3n) is 5.75. The van der Waals surface area contributed by atoms with Crippen LogP contribution in [0.5, 0.6) is 0 Å². The summed E-state index contributed by atoms with van der Waals surface area (Å²) >= 11 is 0. The number of nitrogens with one attached hydrogen (secondary N) is 2. The van der Waals surface area contributed by atoms with Gasteiger partial charge in [-0.1, -0.05) is 6.07 Å². The molecule has 150 valence electrons. The number of ether oxygens (including phenoxy) is 1. The molecule has 5 nitrogen and oxygen atoms in total. The molecule has 0 radical (unpaired) electrons. The molecular weight excluding hydrogens is 352 g/mol. The fraction of sp³-hybridized carbons (Fsp3) is 0.650. The van der Waals surface area contributed by atoms with E-state index in [2.05, 4.69) is 10.6 Å². The van der Waals surface area contributed by atoms with E-state index in [-0.39, 0.29) is 24.1 Å². The summed E-state index contributed by atoms with van der Waals surface area (Å²) < 4.78 is 33.2. The maximum absolute atomic E-state index is 13.9. The predicted octanol–water partition coefficient (Wildman–Crippen LogP) is 2.06. The first kappa shape index (κ1) is 20.2. The number of hydrogen-bond donors (Lipinski definition) is 2. The van der Waals surface area contributed by atoms with Gasteiger partial charge in [-0.05, 0) is 57.5 Å². The first-order valence-corrected chi connectivity index (χ1v) is 9.70. The molecule has 1 unspecified atom stereocenters. The maximum Gasteiger partial charge on any atom is 0.228 e. The van der Waals surface area contributed by atoms with Gasteiger partial charge in [0.25, 0.3) is 0 Å². The van der Waals surface area contributed by atoms with E-state index in [4.69, 9.17) is 4.74 Å². The van der Waals surface area contributed by atoms with Gasteiger partial charge < -0.3 is 15.4 Å². The molecule has 2 fully saturated rings. The topological polar surface area (TPSA) is 53.6 Å². The van der Waals surface area contributed by atoms with Gasteiger partial charge in [-0.3, -0.25) is 9.69 Å². The number of likely N-dealkylation sites (tertiary alicyclic amines) is 1. The van der Waals surface area contributed by atoms with Crippen LogP contribution < -0.4 is 10.6 Å². The lowest BCUT2D eigenvalue weighted by molar-refractivity contribution is -0.137. The molecule has 1 aromatic carbocycles. The quantitative estimate of drug-likeness (QED) is 0.792. The summed E-state index contributed by atoms with van der Waals surface area (Å²) in [5.41, 5.74) is -0.390. The predicted molar refractivity (Wildman–Crippen MR) is 99.2 cm³/mol. The zero-order chi connectivity index (χ0) is 19.3. The van der Waals surface area contributed by atoms with Gasteiger partial charge >= 0.3 is 0 Å². The third-order valence-corrected chi connectivity index (χ3v) is 5.75. The SMILES string of the molecule is COCC1(C(=O)NC2CCCN(Cc3c(F)cccc3F)C2)CCNCC1. The summed E-state index contributed by atoms with van der Waals surface area (Å²) in [4.78, 5) is 15.0. The molecule has 1 atom stereocenters. The second-order valence-electron chi connectivity index (χ2n) is 7.71. The number of halogens is 2. The molecule has 0 spiro atoms. The van der Waals surface area contributed by atoms with Crippen molar-refractivity contribution in [2.24, 2.45) is 5.41 Å². The van der Waals surface area contributed by atoms with Gasteiger partial charge in [0.05, 0.1) is 12.0 Å². The average molecular weight is 381 g/mol. The smallest absolute Gasteiger partial charge is 0.228 e. The Morgan fingerprint density at radius 1 is 1.33 bits per heavy atom. The van der Waals surface area contributed by atoms with Crippen molar-refractivity contribution >= 4 is 5.91 Å². The molecule has 2 N–H and O–H groups in total. The Kier molecular flexibility index (Phi) is 6.78. The molecule has 2 heterocycles. The van der Waals surface area contributed by atoms with Crippen LogP contribution in [0.15, 0.2) is 18.2 Å². The second kappa shape index (κ2) is 9.08. The van der Waals surface area contributed by atoms with Gasteiger partial charge in [-0.2, -0.15) is 0 Å². The van der Waals surface area contributed by atoms with Crippen LogP contribution in [0, 0.1) is 17.0 Å². The van der Waals surface area contributed by atoms with E-state index in [0.29, 0.717) is 13.2 Å². The van der Waals surface area contributed by atoms with Gasteiger partial charge in [0, 0.05) is 31.8 Å². The highest BCUT2D eigenvalue weighted by molar-refractivity contribution is 5.83. The number of rotatable bonds is 6. The first-order chi connectivity index (χ1) is 13.0. The summed E-state index contributed by atoms with van der Waals surface area (Å²) in [5, 5.41) is 6.47. The Balaban J connectivity index is 1.61. The molecule has 0 bridgehead atoms. The minimum absolute atomic E-state index is 0.00954. The molecule has 0 aliphatic carbocycles. The second-order valence-corrected chi connectivity index (χ2v) is 7.71. The molecule has 0 aromatic heterocycles. The summed E-state index contributed by atoms with van der Waals surface area (Å²) in [7, 11) is 1.63. The number of benzene rings is 1. The molecule has 7 heteroatoms. The van der Waals surface area contributed by atoms with Gasteiger partial charge in [0.1, 0.15) is 11.6 Å². The van der Waals surface area contributed by atoms with Crippen LogP contribution in [0.25, 0.3) is 0 Å². The fourth-order valence-corrected chi connectivity index (χ4v) is 4.18. The minimum atomic E-state index is -0.519. The largest absolute Gasteiger partial charge is 0.384 e. The van der Waals surface area contributed by atoms with Crippen molar-refractivity contribution < 1.29 is 18.3 Å². The molecule has 2 aliphatic heterocycles. The Bertz CT molecular complexity index is 624. The van der Waals surface area contributed by atoms with E-state index in [0.717, 1.165) is 45.3 Å². The Labute approximate surface area is 159 Å². The van der Waals surface area contributed by atoms with Gasteiger partial charge in [0.2, 0.25) is 5.91 Å². The maximum atomic E-state index is 13.9. The monoisotopic (exact) mass is 381 g/mol. The highest BCUT2D eigenvalue weighted by Crippen LogP contribution is 2.30. The van der Waals surface area contributed by atoms with Crippen LogP contribution in [-0.4, -0.2) is 56.7 Å². The van der Waals surface area contributed by atoms with Crippen LogP contribution >= 0.6 is 0 Å². The van der Waals surface area contributed by atoms with E-state index < -0.39 is 17.0 Å². The van der Waals surface area contributed by atoms with Crippen LogP contribution in [0.3, 0.4) is 0 Å². The Hall–Kier alpha value is -1.57. The lowest BCUT2D eigenvalue weighted by Crippen LogP contribution is -2.55. The zero-order valence-electron chi connectivity index (χ0n) is 15.9. The summed E-state index contributed by atoms with van der Waals surface area (Å²) in [6.07, 6.45) is 3.27. The molecule has 0 saturated carbocycles. The van der Waals surface area contributed by atoms with Crippen molar-refractivity contribution in [3.63, 3.8) is 0 Å². The molecule has 27 heavy (non-hydrogen) atoms. The Morgan fingerprint density at radius 2 is 2.04 bits per heavy atom. The molecule has 2 saturated heterocycles. The summed E-state index contributed by atoms with van der Waals surface area (Å²) in [6, 6.07) is 3.94. The average Bonchev–Trinajstić information content (AvgIpc) is 2.66. The first-order valence-electron chi connectivity index (χ1n) is 9.70. The third kappa shape index (κ3) is 4.83. The van der Waals surface area contributed by atoms with Crippen molar-refractivity contribution in [2.45, 2.75) is 38.3 Å². The highest BCUT2D eigenvalue weighted by Gasteiger charge is 2.40. The number of nitrogens with zero attached hydrogens (tertiary/aromatic N) is 1. The van der Waals surface area contributed by atoms with Crippen LogP contribution in [0.2, 0.25) is 0 Å². The molecule has 1 aromatic rings. The number of carbonyl (C=O) groups excluding carboxylic acids is 1. The lowest BCUT2D eigenvalue weighted by atomic mass is 9.78. The summed E-state index contributed by atoms with van der Waals surface area (Å²) in [5.74, 6) is -1.00. The van der Waals surface area contributed by atoms with E-state index in [1.165, 1.54) is 18.2 Å². The zero-order valence-corrected chi connectivity index (χ0v) is 15.9. The lowest BCUT2D eigenvalue weighted by Gasteiger charge is -2.39. The van der Waals surface area contributed by atoms with E-state index in [1.54, 1.807) is 7.11 Å². The molecular formula is C20H29F2N3O2. The van der Waals surface area contributed by atoms with Crippen LogP contribution in [0.1, 0.15) is 31.2 Å². The van der Waals surface area contributed by atoms with E-state index in [9.17, 15) is 13.6 Å². The molecule has 2 aliphatic rings. The van der Waals surface area contributed by atoms with E-state index >= 15 is 0 Å². The highest BCUT2D eigenvalue weighted by atomic mass is 19.1. The van der Waals surface area contributed by atoms with Crippen LogP contribution in [-0.2, 0) is 16.1 Å². The van der Waals surface area contributed by atoms with E-state index in [1.807, 2.05) is 4.90 Å². The number of piperidine rings is 2. The minimum Gasteiger partial charge on any atom is -0.384 e. The summed E-state index contributed by atoms with van der Waals surface area (Å²) in [6.45, 7) is 3.61. The van der Waals surface area contributed by atoms with Crippen molar-refractivity contribution in [1.29, 1.82) is 0 Å². The van der Waals surface area contributed by atoms with Gasteiger partial charge in [-0.15, -0.1) is 0 Å². The number of methoxy groups -OCH3 is 1. The van der Waals surface area contributed by atoms with Crippen molar-refractivity contribution in [3.05, 3.63) is 35.4 Å². The standard InChI is InChI=1S/C20H29F2N3O2/c1-27-14-20(7-9-23-10-8-20)19(26)24-15-4-3-11-25(12-15)13-16-17(21)5-2-6-18(16)22/h2,5-6,15,23H,3-4,7-14H2,1H3,(H,24,26). The van der Waals surface area contributed by atoms with Crippen molar-refractivity contribution in [1.82, 2.24) is 15.5 Å². The van der Waals surface area contributed by atoms with Gasteiger partial charge in [-0.25, -0.2) is 8.78 Å². The van der Waals surface area contributed by atoms with Crippen LogP contribution in [0.4, 0.5) is 8.78 Å². The number of carbonyl (C=O) groups is 1. The number of amides is 1. The van der Waals surface area contributed by atoms with Gasteiger partial charge in [0.15, 0.2) is 0 Å². The Morgan fingerprint density at radius 3 is 2.70 bits per heavy atom. The fourth-order valence-electron chi connectivity index (χ4n) is 4.18.